The van der Waals surface area contributed by atoms with Gasteiger partial charge in [-0.3, -0.25) is 4.79 Å². The maximum absolute atomic E-state index is 13.0. The molecule has 4 heteroatoms. The topological polar surface area (TPSA) is 55.1 Å². The molecule has 1 amide bonds. The summed E-state index contributed by atoms with van der Waals surface area (Å²) < 4.78 is 13.0. The van der Waals surface area contributed by atoms with Gasteiger partial charge in [0.2, 0.25) is 0 Å². The molecule has 1 saturated carbocycles. The highest BCUT2D eigenvalue weighted by Crippen LogP contribution is 2.25. The Balaban J connectivity index is 2.02. The third-order valence-electron chi connectivity index (χ3n) is 3.29. The predicted molar refractivity (Wildman–Crippen MR) is 65.1 cm³/mol. The van der Waals surface area contributed by atoms with E-state index in [4.69, 9.17) is 5.73 Å². The van der Waals surface area contributed by atoms with Crippen LogP contribution in [-0.4, -0.2) is 11.9 Å². The summed E-state index contributed by atoms with van der Waals surface area (Å²) in [7, 11) is 0. The van der Waals surface area contributed by atoms with Crippen molar-refractivity contribution in [1.82, 2.24) is 5.32 Å². The molecule has 1 aliphatic carbocycles. The summed E-state index contributed by atoms with van der Waals surface area (Å²) in [5, 5.41) is 2.96. The number of anilines is 1. The van der Waals surface area contributed by atoms with Crippen molar-refractivity contribution in [3.8, 4) is 0 Å². The molecule has 2 rings (SSSR count). The summed E-state index contributed by atoms with van der Waals surface area (Å²) in [5.41, 5.74) is 5.87. The smallest absolute Gasteiger partial charge is 0.251 e. The van der Waals surface area contributed by atoms with E-state index >= 15 is 0 Å². The number of nitrogen functional groups attached to an aromatic ring is 1. The van der Waals surface area contributed by atoms with Gasteiger partial charge in [0.1, 0.15) is 5.82 Å². The second-order valence-electron chi connectivity index (χ2n) is 4.82. The minimum Gasteiger partial charge on any atom is -0.396 e. The van der Waals surface area contributed by atoms with Gasteiger partial charge >= 0.3 is 0 Å². The van der Waals surface area contributed by atoms with Gasteiger partial charge in [-0.1, -0.05) is 6.92 Å². The third-order valence-corrected chi connectivity index (χ3v) is 3.29. The molecular formula is C13H17FN2O. The van der Waals surface area contributed by atoms with E-state index in [9.17, 15) is 9.18 Å². The zero-order valence-electron chi connectivity index (χ0n) is 9.87. The summed E-state index contributed by atoms with van der Waals surface area (Å²) in [6.07, 6.45) is 3.18. The SMILES string of the molecule is CC1CCC(NC(=O)c2ccc(F)c(N)c2)C1. The zero-order chi connectivity index (χ0) is 12.4. The lowest BCUT2D eigenvalue weighted by Gasteiger charge is -2.12. The number of halogens is 1. The van der Waals surface area contributed by atoms with Gasteiger partial charge < -0.3 is 11.1 Å². The first-order valence-corrected chi connectivity index (χ1v) is 5.92. The second-order valence-corrected chi connectivity index (χ2v) is 4.82. The molecule has 3 nitrogen and oxygen atoms in total. The highest BCUT2D eigenvalue weighted by atomic mass is 19.1. The third kappa shape index (κ3) is 2.75. The Bertz CT molecular complexity index is 433. The molecule has 0 spiro atoms. The van der Waals surface area contributed by atoms with Gasteiger partial charge in [0.05, 0.1) is 5.69 Å². The normalized spacial score (nSPS) is 23.6. The number of carbonyl (C=O) groups excluding carboxylic acids is 1. The van der Waals surface area contributed by atoms with Crippen molar-refractivity contribution < 1.29 is 9.18 Å². The second kappa shape index (κ2) is 4.73. The average Bonchev–Trinajstić information content (AvgIpc) is 2.68. The Kier molecular flexibility index (Phi) is 3.31. The number of hydrogen-bond acceptors (Lipinski definition) is 2. The summed E-state index contributed by atoms with van der Waals surface area (Å²) >= 11 is 0. The Labute approximate surface area is 100 Å². The van der Waals surface area contributed by atoms with Crippen molar-refractivity contribution in [1.29, 1.82) is 0 Å². The molecule has 2 unspecified atom stereocenters. The molecule has 0 saturated heterocycles. The molecule has 0 aromatic heterocycles. The van der Waals surface area contributed by atoms with Crippen molar-refractivity contribution in [2.45, 2.75) is 32.2 Å². The summed E-state index contributed by atoms with van der Waals surface area (Å²) in [5.74, 6) is 0.00502. The summed E-state index contributed by atoms with van der Waals surface area (Å²) in [6.45, 7) is 2.18. The van der Waals surface area contributed by atoms with Crippen LogP contribution in [0.3, 0.4) is 0 Å². The highest BCUT2D eigenvalue weighted by molar-refractivity contribution is 5.95. The maximum atomic E-state index is 13.0. The number of nitrogens with two attached hydrogens (primary N) is 1. The molecule has 0 aliphatic heterocycles. The Morgan fingerprint density at radius 3 is 2.82 bits per heavy atom. The molecular weight excluding hydrogens is 219 g/mol. The number of benzene rings is 1. The average molecular weight is 236 g/mol. The van der Waals surface area contributed by atoms with Gasteiger partial charge in [0.25, 0.3) is 5.91 Å². The van der Waals surface area contributed by atoms with Gasteiger partial charge in [-0.15, -0.1) is 0 Å². The lowest BCUT2D eigenvalue weighted by Crippen LogP contribution is -2.32. The molecule has 92 valence electrons. The first-order chi connectivity index (χ1) is 8.06. The van der Waals surface area contributed by atoms with E-state index in [1.807, 2.05) is 0 Å². The van der Waals surface area contributed by atoms with Crippen LogP contribution in [0, 0.1) is 11.7 Å². The van der Waals surface area contributed by atoms with Crippen molar-refractivity contribution in [2.24, 2.45) is 5.92 Å². The zero-order valence-corrected chi connectivity index (χ0v) is 9.87. The minimum absolute atomic E-state index is 0.0115. The first kappa shape index (κ1) is 11.9. The molecule has 0 radical (unpaired) electrons. The van der Waals surface area contributed by atoms with E-state index in [-0.39, 0.29) is 17.6 Å². The van der Waals surface area contributed by atoms with Crippen LogP contribution in [0.1, 0.15) is 36.5 Å². The monoisotopic (exact) mass is 236 g/mol. The Hall–Kier alpha value is -1.58. The van der Waals surface area contributed by atoms with E-state index in [0.717, 1.165) is 19.3 Å². The summed E-state index contributed by atoms with van der Waals surface area (Å²) in [6, 6.07) is 4.30. The fourth-order valence-corrected chi connectivity index (χ4v) is 2.29. The van der Waals surface area contributed by atoms with Gasteiger partial charge in [0, 0.05) is 11.6 Å². The molecule has 1 aliphatic rings. The van der Waals surface area contributed by atoms with Crippen molar-refractivity contribution in [2.75, 3.05) is 5.73 Å². The molecule has 1 aromatic rings. The van der Waals surface area contributed by atoms with Crippen molar-refractivity contribution in [3.63, 3.8) is 0 Å². The van der Waals surface area contributed by atoms with E-state index < -0.39 is 5.82 Å². The van der Waals surface area contributed by atoms with Crippen LogP contribution in [0.4, 0.5) is 10.1 Å². The lowest BCUT2D eigenvalue weighted by molar-refractivity contribution is 0.0937. The lowest BCUT2D eigenvalue weighted by atomic mass is 10.1. The van der Waals surface area contributed by atoms with E-state index in [1.54, 1.807) is 0 Å². The van der Waals surface area contributed by atoms with Crippen LogP contribution in [0.25, 0.3) is 0 Å². The molecule has 0 heterocycles. The van der Waals surface area contributed by atoms with Crippen LogP contribution in [0.15, 0.2) is 18.2 Å². The molecule has 1 fully saturated rings. The quantitative estimate of drug-likeness (QED) is 0.774. The molecule has 17 heavy (non-hydrogen) atoms. The fraction of sp³-hybridized carbons (Fsp3) is 0.462. The first-order valence-electron chi connectivity index (χ1n) is 5.92. The molecule has 1 aromatic carbocycles. The van der Waals surface area contributed by atoms with Gasteiger partial charge in [-0.05, 0) is 43.4 Å². The number of carbonyl (C=O) groups is 1. The number of rotatable bonds is 2. The molecule has 3 N–H and O–H groups in total. The standard InChI is InChI=1S/C13H17FN2O/c1-8-2-4-10(6-8)16-13(17)9-3-5-11(14)12(15)7-9/h3,5,7-8,10H,2,4,6,15H2,1H3,(H,16,17). The van der Waals surface area contributed by atoms with Crippen LogP contribution in [-0.2, 0) is 0 Å². The number of amides is 1. The van der Waals surface area contributed by atoms with Gasteiger partial charge in [0.15, 0.2) is 0 Å². The summed E-state index contributed by atoms with van der Waals surface area (Å²) in [4.78, 5) is 11.9. The Morgan fingerprint density at radius 2 is 2.24 bits per heavy atom. The van der Waals surface area contributed by atoms with Crippen LogP contribution in [0.2, 0.25) is 0 Å². The fourth-order valence-electron chi connectivity index (χ4n) is 2.29. The molecule has 2 atom stereocenters. The van der Waals surface area contributed by atoms with Crippen LogP contribution < -0.4 is 11.1 Å². The largest absolute Gasteiger partial charge is 0.396 e. The van der Waals surface area contributed by atoms with Crippen molar-refractivity contribution in [3.05, 3.63) is 29.6 Å². The minimum atomic E-state index is -0.490. The van der Waals surface area contributed by atoms with E-state index in [1.165, 1.54) is 18.2 Å². The number of hydrogen-bond donors (Lipinski definition) is 2. The highest BCUT2D eigenvalue weighted by Gasteiger charge is 2.23. The van der Waals surface area contributed by atoms with Gasteiger partial charge in [-0.2, -0.15) is 0 Å². The maximum Gasteiger partial charge on any atom is 0.251 e. The van der Waals surface area contributed by atoms with E-state index in [2.05, 4.69) is 12.2 Å². The van der Waals surface area contributed by atoms with Crippen molar-refractivity contribution >= 4 is 11.6 Å². The number of nitrogens with one attached hydrogen (secondary N) is 1. The predicted octanol–water partition coefficient (Wildman–Crippen LogP) is 2.33. The van der Waals surface area contributed by atoms with Gasteiger partial charge in [-0.25, -0.2) is 4.39 Å². The van der Waals surface area contributed by atoms with Crippen LogP contribution in [0.5, 0.6) is 0 Å². The van der Waals surface area contributed by atoms with E-state index in [0.29, 0.717) is 11.5 Å². The Morgan fingerprint density at radius 1 is 1.47 bits per heavy atom. The van der Waals surface area contributed by atoms with Crippen LogP contribution >= 0.6 is 0 Å². The molecule has 0 bridgehead atoms.